The molecule has 1 fully saturated rings. The predicted octanol–water partition coefficient (Wildman–Crippen LogP) is 2.48. The van der Waals surface area contributed by atoms with E-state index in [9.17, 15) is 0 Å². The highest BCUT2D eigenvalue weighted by atomic mass is 16.5. The van der Waals surface area contributed by atoms with E-state index in [1.807, 2.05) is 0 Å². The van der Waals surface area contributed by atoms with Crippen molar-refractivity contribution >= 4 is 0 Å². The van der Waals surface area contributed by atoms with E-state index < -0.39 is 0 Å². The highest BCUT2D eigenvalue weighted by Crippen LogP contribution is 2.22. The van der Waals surface area contributed by atoms with Gasteiger partial charge in [-0.15, -0.1) is 0 Å². The maximum Gasteiger partial charge on any atom is 0.0672 e. The maximum atomic E-state index is 9.12. The second kappa shape index (κ2) is 8.55. The summed E-state index contributed by atoms with van der Waals surface area (Å²) >= 11 is 0. The van der Waals surface area contributed by atoms with E-state index in [1.54, 1.807) is 7.11 Å². The third-order valence-electron chi connectivity index (χ3n) is 3.36. The molecule has 0 aromatic rings. The number of nitrogens with one attached hydrogen (secondary N) is 1. The first kappa shape index (κ1) is 13.5. The first-order valence-corrected chi connectivity index (χ1v) is 6.50. The number of unbranched alkanes of at least 4 members (excludes halogenated alkanes) is 1. The Kier molecular flexibility index (Phi) is 7.20. The molecule has 1 aliphatic rings. The summed E-state index contributed by atoms with van der Waals surface area (Å²) in [6.45, 7) is 1.86. The Labute approximate surface area is 99.2 Å². The fourth-order valence-corrected chi connectivity index (χ4v) is 2.37. The normalized spacial score (nSPS) is 26.0. The topological polar surface area (TPSA) is 45.0 Å². The summed E-state index contributed by atoms with van der Waals surface area (Å²) in [6, 6.07) is 2.88. The summed E-state index contributed by atoms with van der Waals surface area (Å²) in [5.41, 5.74) is 0. The lowest BCUT2D eigenvalue weighted by Gasteiger charge is -2.20. The molecule has 0 aromatic carbocycles. The molecular formula is C13H24N2O. The van der Waals surface area contributed by atoms with E-state index in [-0.39, 0.29) is 5.92 Å². The van der Waals surface area contributed by atoms with Crippen LogP contribution < -0.4 is 5.32 Å². The SMILES string of the molecule is COCCCCNC1CCCCCC1C#N. The van der Waals surface area contributed by atoms with E-state index >= 15 is 0 Å². The second-order valence-corrected chi connectivity index (χ2v) is 4.63. The molecule has 0 amide bonds. The largest absolute Gasteiger partial charge is 0.385 e. The van der Waals surface area contributed by atoms with Crippen molar-refractivity contribution in [3.8, 4) is 6.07 Å². The molecule has 1 N–H and O–H groups in total. The molecule has 0 heterocycles. The lowest BCUT2D eigenvalue weighted by atomic mass is 9.96. The Morgan fingerprint density at radius 2 is 2.06 bits per heavy atom. The highest BCUT2D eigenvalue weighted by molar-refractivity contribution is 4.93. The summed E-state index contributed by atoms with van der Waals surface area (Å²) in [4.78, 5) is 0. The molecular weight excluding hydrogens is 200 g/mol. The maximum absolute atomic E-state index is 9.12. The molecule has 0 bridgehead atoms. The van der Waals surface area contributed by atoms with E-state index in [1.165, 1.54) is 25.7 Å². The summed E-state index contributed by atoms with van der Waals surface area (Å²) in [5.74, 6) is 0.227. The first-order chi connectivity index (χ1) is 7.88. The zero-order chi connectivity index (χ0) is 11.6. The van der Waals surface area contributed by atoms with Gasteiger partial charge < -0.3 is 10.1 Å². The summed E-state index contributed by atoms with van der Waals surface area (Å²) < 4.78 is 5.02. The van der Waals surface area contributed by atoms with Gasteiger partial charge in [0.2, 0.25) is 0 Å². The van der Waals surface area contributed by atoms with Gasteiger partial charge in [0.05, 0.1) is 12.0 Å². The van der Waals surface area contributed by atoms with Crippen molar-refractivity contribution in [3.63, 3.8) is 0 Å². The van der Waals surface area contributed by atoms with Gasteiger partial charge in [0.1, 0.15) is 0 Å². The molecule has 16 heavy (non-hydrogen) atoms. The molecule has 0 spiro atoms. The molecule has 1 saturated carbocycles. The molecule has 2 atom stereocenters. The molecule has 0 aromatic heterocycles. The minimum absolute atomic E-state index is 0.227. The van der Waals surface area contributed by atoms with E-state index in [0.29, 0.717) is 6.04 Å². The summed E-state index contributed by atoms with van der Waals surface area (Å²) in [7, 11) is 1.74. The number of hydrogen-bond donors (Lipinski definition) is 1. The average molecular weight is 224 g/mol. The van der Waals surface area contributed by atoms with Gasteiger partial charge in [-0.2, -0.15) is 5.26 Å². The quantitative estimate of drug-likeness (QED) is 0.557. The predicted molar refractivity (Wildman–Crippen MR) is 65.1 cm³/mol. The fourth-order valence-electron chi connectivity index (χ4n) is 2.37. The lowest BCUT2D eigenvalue weighted by Crippen LogP contribution is -2.35. The number of methoxy groups -OCH3 is 1. The van der Waals surface area contributed by atoms with Crippen LogP contribution in [-0.4, -0.2) is 26.3 Å². The minimum Gasteiger partial charge on any atom is -0.385 e. The van der Waals surface area contributed by atoms with Gasteiger partial charge in [-0.3, -0.25) is 0 Å². The fraction of sp³-hybridized carbons (Fsp3) is 0.923. The van der Waals surface area contributed by atoms with Crippen molar-refractivity contribution in [1.29, 1.82) is 5.26 Å². The van der Waals surface area contributed by atoms with Gasteiger partial charge in [0, 0.05) is 19.8 Å². The van der Waals surface area contributed by atoms with Gasteiger partial charge in [-0.25, -0.2) is 0 Å². The van der Waals surface area contributed by atoms with Crippen LogP contribution in [-0.2, 0) is 4.74 Å². The van der Waals surface area contributed by atoms with Crippen molar-refractivity contribution in [2.75, 3.05) is 20.3 Å². The van der Waals surface area contributed by atoms with Gasteiger partial charge in [-0.1, -0.05) is 19.3 Å². The third kappa shape index (κ3) is 4.96. The van der Waals surface area contributed by atoms with Crippen LogP contribution >= 0.6 is 0 Å². The highest BCUT2D eigenvalue weighted by Gasteiger charge is 2.22. The number of ether oxygens (including phenoxy) is 1. The van der Waals surface area contributed by atoms with Gasteiger partial charge >= 0.3 is 0 Å². The molecule has 92 valence electrons. The van der Waals surface area contributed by atoms with Crippen LogP contribution in [0.25, 0.3) is 0 Å². The van der Waals surface area contributed by atoms with Gasteiger partial charge in [-0.05, 0) is 32.2 Å². The van der Waals surface area contributed by atoms with Crippen LogP contribution in [0.2, 0.25) is 0 Å². The Hall–Kier alpha value is -0.590. The van der Waals surface area contributed by atoms with Gasteiger partial charge in [0.25, 0.3) is 0 Å². The van der Waals surface area contributed by atoms with Crippen molar-refractivity contribution < 1.29 is 4.74 Å². The molecule has 1 rings (SSSR count). The van der Waals surface area contributed by atoms with Crippen molar-refractivity contribution in [3.05, 3.63) is 0 Å². The van der Waals surface area contributed by atoms with E-state index in [4.69, 9.17) is 10.00 Å². The number of nitrogens with zero attached hydrogens (tertiary/aromatic N) is 1. The standard InChI is InChI=1S/C13H24N2O/c1-16-10-6-5-9-15-13-8-4-2-3-7-12(13)11-14/h12-13,15H,2-10H2,1H3. The van der Waals surface area contributed by atoms with Crippen LogP contribution in [0.1, 0.15) is 44.9 Å². The van der Waals surface area contributed by atoms with Crippen LogP contribution in [0.5, 0.6) is 0 Å². The second-order valence-electron chi connectivity index (χ2n) is 4.63. The zero-order valence-corrected chi connectivity index (χ0v) is 10.4. The summed E-state index contributed by atoms with van der Waals surface area (Å²) in [5, 5.41) is 12.7. The number of nitriles is 1. The Balaban J connectivity index is 2.19. The molecule has 0 aliphatic heterocycles. The van der Waals surface area contributed by atoms with Crippen molar-refractivity contribution in [1.82, 2.24) is 5.32 Å². The van der Waals surface area contributed by atoms with Crippen LogP contribution in [0.4, 0.5) is 0 Å². The minimum atomic E-state index is 0.227. The molecule has 0 saturated heterocycles. The molecule has 3 heteroatoms. The average Bonchev–Trinajstić information content (AvgIpc) is 2.53. The Bertz CT molecular complexity index is 212. The molecule has 2 unspecified atom stereocenters. The number of rotatable bonds is 6. The Morgan fingerprint density at radius 1 is 1.25 bits per heavy atom. The smallest absolute Gasteiger partial charge is 0.0672 e. The molecule has 0 radical (unpaired) electrons. The van der Waals surface area contributed by atoms with Crippen LogP contribution in [0, 0.1) is 17.2 Å². The lowest BCUT2D eigenvalue weighted by molar-refractivity contribution is 0.192. The molecule has 1 aliphatic carbocycles. The first-order valence-electron chi connectivity index (χ1n) is 6.50. The molecule has 3 nitrogen and oxygen atoms in total. The van der Waals surface area contributed by atoms with Crippen molar-refractivity contribution in [2.45, 2.75) is 51.0 Å². The van der Waals surface area contributed by atoms with E-state index in [0.717, 1.165) is 32.4 Å². The van der Waals surface area contributed by atoms with Gasteiger partial charge in [0.15, 0.2) is 0 Å². The third-order valence-corrected chi connectivity index (χ3v) is 3.36. The van der Waals surface area contributed by atoms with Crippen LogP contribution in [0.3, 0.4) is 0 Å². The number of hydrogen-bond acceptors (Lipinski definition) is 3. The van der Waals surface area contributed by atoms with Crippen LogP contribution in [0.15, 0.2) is 0 Å². The zero-order valence-electron chi connectivity index (χ0n) is 10.4. The monoisotopic (exact) mass is 224 g/mol. The van der Waals surface area contributed by atoms with E-state index in [2.05, 4.69) is 11.4 Å². The Morgan fingerprint density at radius 3 is 2.81 bits per heavy atom. The summed E-state index contributed by atoms with van der Waals surface area (Å²) in [6.07, 6.45) is 8.28. The van der Waals surface area contributed by atoms with Crippen molar-refractivity contribution in [2.24, 2.45) is 5.92 Å².